The molecule has 4 fully saturated rings. The van der Waals surface area contributed by atoms with Gasteiger partial charge in [0.15, 0.2) is 0 Å². The van der Waals surface area contributed by atoms with Crippen molar-refractivity contribution in [2.24, 2.45) is 0 Å². The highest BCUT2D eigenvalue weighted by molar-refractivity contribution is 7.90. The molecular formula is C48H55Cl2F2N7O4S. The molecule has 0 spiro atoms. The van der Waals surface area contributed by atoms with Crippen molar-refractivity contribution in [3.8, 4) is 0 Å². The number of hydrogen-bond acceptors (Lipinski definition) is 7. The number of benzene rings is 4. The van der Waals surface area contributed by atoms with Gasteiger partial charge in [0.2, 0.25) is 11.8 Å². The number of fused-ring (bicyclic) bond motifs is 4. The number of carbonyl (C=O) groups excluding carboxylic acids is 2. The summed E-state index contributed by atoms with van der Waals surface area (Å²) in [4.78, 5) is 34.8. The first-order valence-corrected chi connectivity index (χ1v) is 23.6. The number of aryl methyl sites for hydroxylation is 2. The summed E-state index contributed by atoms with van der Waals surface area (Å²) in [5.41, 5.74) is 12.1. The number of nitrogens with zero attached hydrogens (tertiary/aromatic N) is 5. The number of halogens is 4. The molecule has 4 aromatic rings. The van der Waals surface area contributed by atoms with Gasteiger partial charge in [-0.05, 0) is 134 Å². The van der Waals surface area contributed by atoms with E-state index in [1.54, 1.807) is 48.6 Å². The largest absolute Gasteiger partial charge is 0.398 e. The van der Waals surface area contributed by atoms with Crippen molar-refractivity contribution in [3.63, 3.8) is 0 Å². The Labute approximate surface area is 385 Å². The van der Waals surface area contributed by atoms with E-state index in [1.807, 2.05) is 41.8 Å². The number of rotatable bonds is 11. The van der Waals surface area contributed by atoms with Gasteiger partial charge in [-0.3, -0.25) is 24.1 Å². The highest BCUT2D eigenvalue weighted by Crippen LogP contribution is 2.34. The second kappa shape index (κ2) is 20.1. The van der Waals surface area contributed by atoms with E-state index in [0.29, 0.717) is 27.0 Å². The van der Waals surface area contributed by atoms with E-state index in [1.165, 1.54) is 44.4 Å². The first-order valence-electron chi connectivity index (χ1n) is 21.4. The van der Waals surface area contributed by atoms with Crippen molar-refractivity contribution in [2.75, 3.05) is 50.7 Å². The Balaban J connectivity index is 0.000000195. The summed E-state index contributed by atoms with van der Waals surface area (Å²) in [6, 6.07) is 20.8. The quantitative estimate of drug-likeness (QED) is 0.115. The Morgan fingerprint density at radius 3 is 1.50 bits per heavy atom. The van der Waals surface area contributed by atoms with Gasteiger partial charge in [-0.1, -0.05) is 47.5 Å². The maximum atomic E-state index is 13.2. The van der Waals surface area contributed by atoms with E-state index < -0.39 is 10.2 Å². The van der Waals surface area contributed by atoms with Crippen LogP contribution in [0.5, 0.6) is 0 Å². The molecule has 4 aliphatic rings. The molecule has 3 N–H and O–H groups in total. The zero-order chi connectivity index (χ0) is 45.9. The van der Waals surface area contributed by atoms with Crippen LogP contribution < -0.4 is 10.5 Å². The number of anilines is 2. The molecule has 4 unspecified atom stereocenters. The van der Waals surface area contributed by atoms with Crippen molar-refractivity contribution >= 4 is 68.8 Å². The fourth-order valence-electron chi connectivity index (χ4n) is 9.17. The van der Waals surface area contributed by atoms with E-state index in [4.69, 9.17) is 28.9 Å². The molecule has 4 heterocycles. The Morgan fingerprint density at radius 2 is 1.08 bits per heavy atom. The number of likely N-dealkylation sites (tertiary alicyclic amines) is 2. The fraction of sp³-hybridized carbons (Fsp3) is 0.375. The van der Waals surface area contributed by atoms with Gasteiger partial charge in [-0.15, -0.1) is 0 Å². The molecule has 4 bridgehead atoms. The van der Waals surface area contributed by atoms with E-state index in [2.05, 4.69) is 14.5 Å². The number of piperazine rings is 2. The molecule has 4 aliphatic heterocycles. The van der Waals surface area contributed by atoms with Gasteiger partial charge in [-0.25, -0.2) is 8.78 Å². The van der Waals surface area contributed by atoms with Crippen LogP contribution in [0.4, 0.5) is 20.2 Å². The van der Waals surface area contributed by atoms with Crippen LogP contribution in [0.25, 0.3) is 12.2 Å². The number of carbonyl (C=O) groups is 2. The van der Waals surface area contributed by atoms with Crippen LogP contribution in [-0.4, -0.2) is 109 Å². The van der Waals surface area contributed by atoms with Crippen LogP contribution in [0.15, 0.2) is 84.9 Å². The van der Waals surface area contributed by atoms with Gasteiger partial charge >= 0.3 is 10.2 Å². The summed E-state index contributed by atoms with van der Waals surface area (Å²) in [6.45, 7) is 8.47. The molecule has 2 amide bonds. The zero-order valence-electron chi connectivity index (χ0n) is 36.5. The van der Waals surface area contributed by atoms with E-state index in [9.17, 15) is 26.8 Å². The summed E-state index contributed by atoms with van der Waals surface area (Å²) in [5.74, 6) is -0.518. The van der Waals surface area contributed by atoms with Crippen molar-refractivity contribution in [1.29, 1.82) is 0 Å². The van der Waals surface area contributed by atoms with Gasteiger partial charge in [0.25, 0.3) is 0 Å². The second-order valence-corrected chi connectivity index (χ2v) is 20.1. The monoisotopic (exact) mass is 933 g/mol. The lowest BCUT2D eigenvalue weighted by Crippen LogP contribution is -2.55. The molecule has 0 radical (unpaired) electrons. The predicted molar refractivity (Wildman–Crippen MR) is 252 cm³/mol. The third-order valence-corrected chi connectivity index (χ3v) is 14.7. The molecule has 4 saturated heterocycles. The van der Waals surface area contributed by atoms with Gasteiger partial charge in [0, 0.05) is 105 Å². The average molecular weight is 935 g/mol. The summed E-state index contributed by atoms with van der Waals surface area (Å²) >= 11 is 12.3. The normalized spacial score (nSPS) is 21.2. The number of nitrogen functional groups attached to an aromatic ring is 1. The molecule has 0 aromatic heterocycles. The van der Waals surface area contributed by atoms with E-state index >= 15 is 0 Å². The predicted octanol–water partition coefficient (Wildman–Crippen LogP) is 8.15. The Bertz CT molecular complexity index is 2500. The Kier molecular flexibility index (Phi) is 14.8. The van der Waals surface area contributed by atoms with E-state index in [0.717, 1.165) is 97.1 Å². The van der Waals surface area contributed by atoms with Crippen molar-refractivity contribution in [3.05, 3.63) is 140 Å². The van der Waals surface area contributed by atoms with Crippen LogP contribution in [-0.2, 0) is 32.9 Å². The molecule has 4 atom stereocenters. The van der Waals surface area contributed by atoms with Crippen LogP contribution >= 0.6 is 23.2 Å². The minimum absolute atomic E-state index is 0.0333. The molecule has 340 valence electrons. The molecule has 0 saturated carbocycles. The molecular weight excluding hydrogens is 880 g/mol. The Morgan fingerprint density at radius 1 is 0.688 bits per heavy atom. The zero-order valence-corrected chi connectivity index (χ0v) is 38.8. The lowest BCUT2D eigenvalue weighted by Gasteiger charge is -2.40. The van der Waals surface area contributed by atoms with Crippen LogP contribution in [0.3, 0.4) is 0 Å². The second-order valence-electron chi connectivity index (χ2n) is 17.4. The molecule has 64 heavy (non-hydrogen) atoms. The number of nitrogens with two attached hydrogens (primary N) is 1. The van der Waals surface area contributed by atoms with Crippen LogP contribution in [0.2, 0.25) is 10.0 Å². The topological polar surface area (TPSA) is 123 Å². The Hall–Kier alpha value is -4.83. The lowest BCUT2D eigenvalue weighted by atomic mass is 10.1. The smallest absolute Gasteiger partial charge is 0.301 e. The lowest BCUT2D eigenvalue weighted by molar-refractivity contribution is -0.132. The highest BCUT2D eigenvalue weighted by Gasteiger charge is 2.43. The van der Waals surface area contributed by atoms with Crippen molar-refractivity contribution < 1.29 is 26.8 Å². The number of nitrogens with one attached hydrogen (secondary N) is 1. The maximum absolute atomic E-state index is 13.2. The third kappa shape index (κ3) is 11.3. The number of amides is 2. The standard InChI is InChI=1S/C25H30ClFN4O3S.C23H25ClFN3O/c1-17-12-19(24(13-23(17)26)28-35(33,34)29(2)3)6-11-25(32)31-21-9-10-22(31)16-30(15-21)14-18-4-7-20(27)8-5-18;1-15-10-17(22(26)11-21(15)24)4-9-23(29)28-19-7-8-20(28)14-27(13-19)12-16-2-5-18(25)6-3-16/h4-8,11-13,21-22,28H,9-10,14-16H2,1-3H3;2-6,9-11,19-20H,7-8,12-14,26H2,1H3/b11-6+;9-4+. The number of hydrogen-bond donors (Lipinski definition) is 2. The molecule has 8 rings (SSSR count). The van der Waals surface area contributed by atoms with E-state index in [-0.39, 0.29) is 47.6 Å². The minimum Gasteiger partial charge on any atom is -0.398 e. The van der Waals surface area contributed by atoms with Gasteiger partial charge in [-0.2, -0.15) is 12.7 Å². The SMILES string of the molecule is Cc1cc(/C=C/C(=O)N2C3CCC2CN(Cc2ccc(F)cc2)C3)c(N)cc1Cl.Cc1cc(/C=C/C(=O)N2C3CCC2CN(Cc2ccc(F)cc2)C3)c(NS(=O)(=O)N(C)C)cc1Cl. The summed E-state index contributed by atoms with van der Waals surface area (Å²) < 4.78 is 54.6. The molecule has 11 nitrogen and oxygen atoms in total. The third-order valence-electron chi connectivity index (χ3n) is 12.5. The summed E-state index contributed by atoms with van der Waals surface area (Å²) in [6.07, 6.45) is 10.5. The van der Waals surface area contributed by atoms with Crippen molar-refractivity contribution in [2.45, 2.75) is 76.8 Å². The van der Waals surface area contributed by atoms with Crippen LogP contribution in [0, 0.1) is 25.5 Å². The molecule has 4 aromatic carbocycles. The summed E-state index contributed by atoms with van der Waals surface area (Å²) in [5, 5.41) is 1.06. The van der Waals surface area contributed by atoms with Crippen LogP contribution in [0.1, 0.15) is 59.1 Å². The van der Waals surface area contributed by atoms with Crippen molar-refractivity contribution in [1.82, 2.24) is 23.9 Å². The highest BCUT2D eigenvalue weighted by atomic mass is 35.5. The maximum Gasteiger partial charge on any atom is 0.301 e. The van der Waals surface area contributed by atoms with Gasteiger partial charge in [0.1, 0.15) is 11.6 Å². The average Bonchev–Trinajstić information content (AvgIpc) is 3.68. The fourth-order valence-corrected chi connectivity index (χ4v) is 10.1. The molecule has 16 heteroatoms. The van der Waals surface area contributed by atoms with Gasteiger partial charge in [0.05, 0.1) is 5.69 Å². The molecule has 0 aliphatic carbocycles. The first kappa shape index (κ1) is 47.1. The van der Waals surface area contributed by atoms with Gasteiger partial charge < -0.3 is 15.5 Å². The first-order chi connectivity index (χ1) is 30.4. The summed E-state index contributed by atoms with van der Waals surface area (Å²) in [7, 11) is -0.869. The minimum atomic E-state index is -3.74.